The first kappa shape index (κ1) is 17.6. The molecular formula is C23H22N2OS. The first-order valence-corrected chi connectivity index (χ1v) is 10.1. The van der Waals surface area contributed by atoms with Crippen molar-refractivity contribution in [3.8, 4) is 16.5 Å². The van der Waals surface area contributed by atoms with Gasteiger partial charge in [-0.15, -0.1) is 17.9 Å². The van der Waals surface area contributed by atoms with Crippen molar-refractivity contribution < 1.29 is 4.74 Å². The van der Waals surface area contributed by atoms with Gasteiger partial charge in [-0.1, -0.05) is 42.5 Å². The van der Waals surface area contributed by atoms with Crippen molar-refractivity contribution in [2.24, 2.45) is 0 Å². The summed E-state index contributed by atoms with van der Waals surface area (Å²) in [5.41, 5.74) is 3.39. The van der Waals surface area contributed by atoms with E-state index in [1.165, 1.54) is 16.0 Å². The lowest BCUT2D eigenvalue weighted by molar-refractivity contribution is 0.300. The smallest absolute Gasteiger partial charge is 0.151 e. The van der Waals surface area contributed by atoms with Gasteiger partial charge in [0.1, 0.15) is 5.75 Å². The van der Waals surface area contributed by atoms with E-state index < -0.39 is 0 Å². The van der Waals surface area contributed by atoms with Crippen LogP contribution in [0.25, 0.3) is 21.7 Å². The molecule has 27 heavy (non-hydrogen) atoms. The molecule has 0 radical (unpaired) electrons. The number of aryl methyl sites for hydroxylation is 1. The van der Waals surface area contributed by atoms with Crippen LogP contribution in [0.15, 0.2) is 78.7 Å². The number of aromatic nitrogens is 2. The molecule has 0 aliphatic rings. The molecule has 0 spiro atoms. The van der Waals surface area contributed by atoms with E-state index in [0.717, 1.165) is 36.5 Å². The van der Waals surface area contributed by atoms with Crippen molar-refractivity contribution >= 4 is 22.4 Å². The van der Waals surface area contributed by atoms with Crippen LogP contribution >= 0.6 is 11.3 Å². The molecule has 2 aromatic carbocycles. The Kier molecular flexibility index (Phi) is 5.35. The van der Waals surface area contributed by atoms with Gasteiger partial charge in [-0.2, -0.15) is 0 Å². The SMILES string of the molecule is C=CCc1ccccc1OCCCn1c(-c2cccs2)nc2ccccc21. The summed E-state index contributed by atoms with van der Waals surface area (Å²) < 4.78 is 8.36. The van der Waals surface area contributed by atoms with Gasteiger partial charge < -0.3 is 9.30 Å². The normalized spacial score (nSPS) is 11.0. The number of hydrogen-bond acceptors (Lipinski definition) is 3. The molecule has 0 aliphatic heterocycles. The first-order chi connectivity index (χ1) is 13.4. The Labute approximate surface area is 163 Å². The monoisotopic (exact) mass is 374 g/mol. The number of nitrogens with zero attached hydrogens (tertiary/aromatic N) is 2. The van der Waals surface area contributed by atoms with Crippen LogP contribution in [0.3, 0.4) is 0 Å². The molecular weight excluding hydrogens is 352 g/mol. The van der Waals surface area contributed by atoms with Crippen LogP contribution in [0.2, 0.25) is 0 Å². The van der Waals surface area contributed by atoms with Gasteiger partial charge in [0.25, 0.3) is 0 Å². The third-order valence-electron chi connectivity index (χ3n) is 4.52. The van der Waals surface area contributed by atoms with Crippen molar-refractivity contribution in [3.05, 3.63) is 84.3 Å². The largest absolute Gasteiger partial charge is 0.493 e. The maximum absolute atomic E-state index is 6.05. The van der Waals surface area contributed by atoms with Crippen molar-refractivity contribution in [3.63, 3.8) is 0 Å². The van der Waals surface area contributed by atoms with Crippen LogP contribution in [0, 0.1) is 0 Å². The van der Waals surface area contributed by atoms with E-state index in [1.54, 1.807) is 11.3 Å². The fourth-order valence-corrected chi connectivity index (χ4v) is 3.99. The second-order valence-electron chi connectivity index (χ2n) is 6.36. The second kappa shape index (κ2) is 8.23. The number of thiophene rings is 1. The summed E-state index contributed by atoms with van der Waals surface area (Å²) >= 11 is 1.72. The van der Waals surface area contributed by atoms with Gasteiger partial charge in [-0.05, 0) is 48.1 Å². The van der Waals surface area contributed by atoms with Crippen LogP contribution in [-0.4, -0.2) is 16.2 Å². The lowest BCUT2D eigenvalue weighted by Gasteiger charge is -2.12. The molecule has 4 aromatic rings. The van der Waals surface area contributed by atoms with Crippen LogP contribution in [-0.2, 0) is 13.0 Å². The van der Waals surface area contributed by atoms with Gasteiger partial charge >= 0.3 is 0 Å². The highest BCUT2D eigenvalue weighted by atomic mass is 32.1. The predicted molar refractivity (Wildman–Crippen MR) is 114 cm³/mol. The number of benzene rings is 2. The minimum absolute atomic E-state index is 0.671. The Balaban J connectivity index is 1.50. The number of para-hydroxylation sites is 3. The second-order valence-corrected chi connectivity index (χ2v) is 7.30. The highest BCUT2D eigenvalue weighted by molar-refractivity contribution is 7.13. The molecule has 2 heterocycles. The van der Waals surface area contributed by atoms with E-state index in [2.05, 4.69) is 52.9 Å². The standard InChI is InChI=1S/C23H22N2OS/c1-2-9-18-10-3-6-13-21(18)26-16-8-15-25-20-12-5-4-11-19(20)24-23(25)22-14-7-17-27-22/h2-7,10-14,17H,1,8-9,15-16H2. The summed E-state index contributed by atoms with van der Waals surface area (Å²) in [6.45, 7) is 5.37. The molecule has 136 valence electrons. The topological polar surface area (TPSA) is 27.1 Å². The molecule has 0 saturated carbocycles. The molecule has 0 unspecified atom stereocenters. The summed E-state index contributed by atoms with van der Waals surface area (Å²) in [6, 6.07) is 20.7. The molecule has 3 nitrogen and oxygen atoms in total. The van der Waals surface area contributed by atoms with Crippen molar-refractivity contribution in [1.82, 2.24) is 9.55 Å². The Morgan fingerprint density at radius 2 is 1.89 bits per heavy atom. The number of allylic oxidation sites excluding steroid dienone is 1. The van der Waals surface area contributed by atoms with E-state index in [0.29, 0.717) is 6.61 Å². The zero-order valence-electron chi connectivity index (χ0n) is 15.2. The minimum atomic E-state index is 0.671. The van der Waals surface area contributed by atoms with Gasteiger partial charge in [-0.3, -0.25) is 0 Å². The maximum Gasteiger partial charge on any atom is 0.151 e. The molecule has 0 amide bonds. The highest BCUT2D eigenvalue weighted by Crippen LogP contribution is 2.28. The van der Waals surface area contributed by atoms with Gasteiger partial charge in [0, 0.05) is 6.54 Å². The van der Waals surface area contributed by atoms with Gasteiger partial charge in [0.2, 0.25) is 0 Å². The van der Waals surface area contributed by atoms with Crippen LogP contribution in [0.4, 0.5) is 0 Å². The van der Waals surface area contributed by atoms with E-state index >= 15 is 0 Å². The van der Waals surface area contributed by atoms with E-state index in [4.69, 9.17) is 9.72 Å². The Morgan fingerprint density at radius 3 is 2.74 bits per heavy atom. The molecule has 0 atom stereocenters. The zero-order valence-corrected chi connectivity index (χ0v) is 16.0. The van der Waals surface area contributed by atoms with Crippen molar-refractivity contribution in [2.45, 2.75) is 19.4 Å². The molecule has 0 saturated heterocycles. The number of hydrogen-bond donors (Lipinski definition) is 0. The molecule has 2 aromatic heterocycles. The van der Waals surface area contributed by atoms with E-state index in [9.17, 15) is 0 Å². The third-order valence-corrected chi connectivity index (χ3v) is 5.38. The Hall–Kier alpha value is -2.85. The summed E-state index contributed by atoms with van der Waals surface area (Å²) in [5.74, 6) is 1.99. The molecule has 0 bridgehead atoms. The zero-order chi connectivity index (χ0) is 18.5. The Morgan fingerprint density at radius 1 is 1.04 bits per heavy atom. The van der Waals surface area contributed by atoms with Gasteiger partial charge in [0.15, 0.2) is 5.82 Å². The minimum Gasteiger partial charge on any atom is -0.493 e. The summed E-state index contributed by atoms with van der Waals surface area (Å²) in [4.78, 5) is 6.05. The average molecular weight is 375 g/mol. The summed E-state index contributed by atoms with van der Waals surface area (Å²) in [7, 11) is 0. The van der Waals surface area contributed by atoms with Crippen molar-refractivity contribution in [1.29, 1.82) is 0 Å². The molecule has 0 N–H and O–H groups in total. The third kappa shape index (κ3) is 3.81. The summed E-state index contributed by atoms with van der Waals surface area (Å²) in [6.07, 6.45) is 3.65. The fourth-order valence-electron chi connectivity index (χ4n) is 3.27. The summed E-state index contributed by atoms with van der Waals surface area (Å²) in [5, 5.41) is 2.10. The van der Waals surface area contributed by atoms with Gasteiger partial charge in [0.05, 0.1) is 22.5 Å². The molecule has 4 heteroatoms. The first-order valence-electron chi connectivity index (χ1n) is 9.17. The van der Waals surface area contributed by atoms with E-state index in [1.807, 2.05) is 30.3 Å². The molecule has 0 aliphatic carbocycles. The number of fused-ring (bicyclic) bond motifs is 1. The average Bonchev–Trinajstić information content (AvgIpc) is 3.34. The maximum atomic E-state index is 6.05. The van der Waals surface area contributed by atoms with Crippen LogP contribution in [0.1, 0.15) is 12.0 Å². The van der Waals surface area contributed by atoms with Gasteiger partial charge in [-0.25, -0.2) is 4.98 Å². The molecule has 0 fully saturated rings. The van der Waals surface area contributed by atoms with Crippen LogP contribution in [0.5, 0.6) is 5.75 Å². The number of ether oxygens (including phenoxy) is 1. The lowest BCUT2D eigenvalue weighted by Crippen LogP contribution is -2.06. The quantitative estimate of drug-likeness (QED) is 0.281. The lowest BCUT2D eigenvalue weighted by atomic mass is 10.1. The highest BCUT2D eigenvalue weighted by Gasteiger charge is 2.13. The number of rotatable bonds is 8. The Bertz CT molecular complexity index is 1030. The predicted octanol–water partition coefficient (Wildman–Crippen LogP) is 5.96. The van der Waals surface area contributed by atoms with E-state index in [-0.39, 0.29) is 0 Å². The van der Waals surface area contributed by atoms with Crippen LogP contribution < -0.4 is 4.74 Å². The van der Waals surface area contributed by atoms with Crippen molar-refractivity contribution in [2.75, 3.05) is 6.61 Å². The molecule has 4 rings (SSSR count). The number of imidazole rings is 1. The fraction of sp³-hybridized carbons (Fsp3) is 0.174.